The first-order valence-electron chi connectivity index (χ1n) is 7.19. The Hall–Kier alpha value is -1.84. The summed E-state index contributed by atoms with van der Waals surface area (Å²) in [5, 5.41) is 2.86. The lowest BCUT2D eigenvalue weighted by molar-refractivity contribution is -0.134. The van der Waals surface area contributed by atoms with Crippen molar-refractivity contribution in [3.8, 4) is 0 Å². The number of unbranched alkanes of at least 4 members (excludes halogenated alkanes) is 2. The fourth-order valence-corrected chi connectivity index (χ4v) is 1.91. The molecule has 1 rings (SSSR count). The van der Waals surface area contributed by atoms with E-state index >= 15 is 0 Å². The van der Waals surface area contributed by atoms with Gasteiger partial charge in [-0.2, -0.15) is 0 Å². The van der Waals surface area contributed by atoms with Crippen molar-refractivity contribution in [3.05, 3.63) is 35.9 Å². The molecular formula is C16H24N2O2. The Balaban J connectivity index is 2.43. The second-order valence-electron chi connectivity index (χ2n) is 4.92. The van der Waals surface area contributed by atoms with E-state index in [-0.39, 0.29) is 18.4 Å². The average Bonchev–Trinajstić information content (AvgIpc) is 2.44. The van der Waals surface area contributed by atoms with E-state index in [2.05, 4.69) is 12.2 Å². The first kappa shape index (κ1) is 16.2. The maximum Gasteiger partial charge on any atom is 0.239 e. The zero-order valence-electron chi connectivity index (χ0n) is 12.4. The molecule has 0 aliphatic carbocycles. The number of hydrogen-bond acceptors (Lipinski definition) is 2. The molecule has 110 valence electrons. The fourth-order valence-electron chi connectivity index (χ4n) is 1.91. The van der Waals surface area contributed by atoms with Crippen molar-refractivity contribution in [2.75, 3.05) is 13.1 Å². The molecule has 0 aromatic heterocycles. The summed E-state index contributed by atoms with van der Waals surface area (Å²) < 4.78 is 0. The number of carbonyl (C=O) groups excluding carboxylic acids is 2. The van der Waals surface area contributed by atoms with Gasteiger partial charge in [0.15, 0.2) is 0 Å². The number of hydrogen-bond donors (Lipinski definition) is 1. The number of amides is 2. The van der Waals surface area contributed by atoms with Crippen LogP contribution in [-0.4, -0.2) is 29.8 Å². The van der Waals surface area contributed by atoms with Crippen LogP contribution >= 0.6 is 0 Å². The van der Waals surface area contributed by atoms with Crippen molar-refractivity contribution in [2.24, 2.45) is 0 Å². The van der Waals surface area contributed by atoms with Crippen molar-refractivity contribution >= 4 is 11.8 Å². The van der Waals surface area contributed by atoms with Crippen molar-refractivity contribution in [2.45, 2.75) is 39.7 Å². The third-order valence-corrected chi connectivity index (χ3v) is 3.10. The standard InChI is InChI=1S/C16H24N2O2/c1-3-4-8-11-17-16(20)13-18(14(2)19)12-15-9-6-5-7-10-15/h5-7,9-10H,3-4,8,11-13H2,1-2H3,(H,17,20). The molecule has 2 amide bonds. The summed E-state index contributed by atoms with van der Waals surface area (Å²) in [7, 11) is 0. The number of nitrogens with zero attached hydrogens (tertiary/aromatic N) is 1. The van der Waals surface area contributed by atoms with E-state index in [1.165, 1.54) is 6.92 Å². The number of benzene rings is 1. The van der Waals surface area contributed by atoms with Gasteiger partial charge >= 0.3 is 0 Å². The maximum atomic E-state index is 11.8. The van der Waals surface area contributed by atoms with Crippen molar-refractivity contribution < 1.29 is 9.59 Å². The van der Waals surface area contributed by atoms with Gasteiger partial charge in [-0.1, -0.05) is 50.1 Å². The fraction of sp³-hybridized carbons (Fsp3) is 0.500. The molecule has 0 fully saturated rings. The maximum absolute atomic E-state index is 11.8. The van der Waals surface area contributed by atoms with Crippen LogP contribution in [0.5, 0.6) is 0 Å². The zero-order chi connectivity index (χ0) is 14.8. The average molecular weight is 276 g/mol. The van der Waals surface area contributed by atoms with Gasteiger partial charge in [0, 0.05) is 20.0 Å². The molecular weight excluding hydrogens is 252 g/mol. The van der Waals surface area contributed by atoms with E-state index in [1.54, 1.807) is 4.90 Å². The highest BCUT2D eigenvalue weighted by atomic mass is 16.2. The molecule has 1 N–H and O–H groups in total. The van der Waals surface area contributed by atoms with Crippen LogP contribution in [0, 0.1) is 0 Å². The minimum atomic E-state index is -0.0905. The summed E-state index contributed by atoms with van der Waals surface area (Å²) in [6.45, 7) is 4.89. The Labute approximate surface area is 121 Å². The summed E-state index contributed by atoms with van der Waals surface area (Å²) in [6.07, 6.45) is 3.23. The largest absolute Gasteiger partial charge is 0.355 e. The monoisotopic (exact) mass is 276 g/mol. The van der Waals surface area contributed by atoms with Gasteiger partial charge in [-0.05, 0) is 12.0 Å². The molecule has 0 saturated carbocycles. The normalized spacial score (nSPS) is 10.1. The van der Waals surface area contributed by atoms with Crippen LogP contribution in [0.1, 0.15) is 38.7 Å². The Kier molecular flexibility index (Phi) is 7.40. The zero-order valence-corrected chi connectivity index (χ0v) is 12.4. The Morgan fingerprint density at radius 3 is 2.45 bits per heavy atom. The van der Waals surface area contributed by atoms with E-state index in [9.17, 15) is 9.59 Å². The molecule has 0 radical (unpaired) electrons. The van der Waals surface area contributed by atoms with E-state index in [0.717, 1.165) is 24.8 Å². The molecule has 1 aromatic carbocycles. The first-order chi connectivity index (χ1) is 9.63. The summed E-state index contributed by atoms with van der Waals surface area (Å²) in [4.78, 5) is 25.0. The molecule has 4 heteroatoms. The van der Waals surface area contributed by atoms with Crippen LogP contribution in [0.4, 0.5) is 0 Å². The van der Waals surface area contributed by atoms with E-state index in [0.29, 0.717) is 13.1 Å². The quantitative estimate of drug-likeness (QED) is 0.741. The van der Waals surface area contributed by atoms with Crippen molar-refractivity contribution in [3.63, 3.8) is 0 Å². The molecule has 0 unspecified atom stereocenters. The first-order valence-corrected chi connectivity index (χ1v) is 7.19. The van der Waals surface area contributed by atoms with Crippen LogP contribution in [0.2, 0.25) is 0 Å². The SMILES string of the molecule is CCCCCNC(=O)CN(Cc1ccccc1)C(C)=O. The van der Waals surface area contributed by atoms with Crippen LogP contribution in [0.25, 0.3) is 0 Å². The Morgan fingerprint density at radius 1 is 1.15 bits per heavy atom. The Morgan fingerprint density at radius 2 is 1.85 bits per heavy atom. The van der Waals surface area contributed by atoms with Crippen LogP contribution in [0.15, 0.2) is 30.3 Å². The molecule has 1 aromatic rings. The molecule has 0 aliphatic rings. The van der Waals surface area contributed by atoms with Crippen LogP contribution in [0.3, 0.4) is 0 Å². The van der Waals surface area contributed by atoms with Gasteiger partial charge in [0.25, 0.3) is 0 Å². The Bertz CT molecular complexity index is 418. The molecule has 20 heavy (non-hydrogen) atoms. The lowest BCUT2D eigenvalue weighted by atomic mass is 10.2. The second-order valence-corrected chi connectivity index (χ2v) is 4.92. The van der Waals surface area contributed by atoms with Gasteiger partial charge in [0.05, 0.1) is 6.54 Å². The molecule has 0 bridgehead atoms. The lowest BCUT2D eigenvalue weighted by Gasteiger charge is -2.20. The minimum Gasteiger partial charge on any atom is -0.355 e. The second kappa shape index (κ2) is 9.13. The van der Waals surface area contributed by atoms with Gasteiger partial charge in [0.2, 0.25) is 11.8 Å². The van der Waals surface area contributed by atoms with E-state index in [4.69, 9.17) is 0 Å². The highest BCUT2D eigenvalue weighted by Gasteiger charge is 2.13. The summed E-state index contributed by atoms with van der Waals surface area (Å²) >= 11 is 0. The van der Waals surface area contributed by atoms with Gasteiger partial charge in [-0.3, -0.25) is 9.59 Å². The van der Waals surface area contributed by atoms with Crippen molar-refractivity contribution in [1.29, 1.82) is 0 Å². The molecule has 4 nitrogen and oxygen atoms in total. The topological polar surface area (TPSA) is 49.4 Å². The number of rotatable bonds is 8. The van der Waals surface area contributed by atoms with E-state index < -0.39 is 0 Å². The molecule has 0 heterocycles. The summed E-state index contributed by atoms with van der Waals surface area (Å²) in [6, 6.07) is 9.70. The number of carbonyl (C=O) groups is 2. The molecule has 0 spiro atoms. The predicted octanol–water partition coefficient (Wildman–Crippen LogP) is 2.34. The molecule has 0 aliphatic heterocycles. The predicted molar refractivity (Wildman–Crippen MR) is 80.1 cm³/mol. The van der Waals surface area contributed by atoms with Gasteiger partial charge < -0.3 is 10.2 Å². The van der Waals surface area contributed by atoms with Gasteiger partial charge in [0.1, 0.15) is 0 Å². The van der Waals surface area contributed by atoms with E-state index in [1.807, 2.05) is 30.3 Å². The lowest BCUT2D eigenvalue weighted by Crippen LogP contribution is -2.39. The molecule has 0 saturated heterocycles. The highest BCUT2D eigenvalue weighted by molar-refractivity contribution is 5.83. The third kappa shape index (κ3) is 6.36. The summed E-state index contributed by atoms with van der Waals surface area (Å²) in [5.41, 5.74) is 1.03. The van der Waals surface area contributed by atoms with Gasteiger partial charge in [-0.15, -0.1) is 0 Å². The van der Waals surface area contributed by atoms with Crippen LogP contribution in [-0.2, 0) is 16.1 Å². The highest BCUT2D eigenvalue weighted by Crippen LogP contribution is 2.04. The smallest absolute Gasteiger partial charge is 0.239 e. The number of nitrogens with one attached hydrogen (secondary N) is 1. The third-order valence-electron chi connectivity index (χ3n) is 3.10. The summed E-state index contributed by atoms with van der Waals surface area (Å²) in [5.74, 6) is -0.176. The van der Waals surface area contributed by atoms with Crippen molar-refractivity contribution in [1.82, 2.24) is 10.2 Å². The molecule has 0 atom stereocenters. The van der Waals surface area contributed by atoms with Gasteiger partial charge in [-0.25, -0.2) is 0 Å². The minimum absolute atomic E-state index is 0.0856. The van der Waals surface area contributed by atoms with Crippen LogP contribution < -0.4 is 5.32 Å².